The smallest absolute Gasteiger partial charge is 0.232 e. The summed E-state index contributed by atoms with van der Waals surface area (Å²) in [5.41, 5.74) is 2.48. The number of carbonyl (C=O) groups excluding carboxylic acids is 2. The number of rotatable bonds is 10. The van der Waals surface area contributed by atoms with Crippen LogP contribution in [-0.2, 0) is 21.2 Å². The zero-order valence-corrected chi connectivity index (χ0v) is 17.6. The third kappa shape index (κ3) is 6.60. The van der Waals surface area contributed by atoms with E-state index in [1.807, 2.05) is 19.1 Å². The fourth-order valence-corrected chi connectivity index (χ4v) is 3.26. The Balaban J connectivity index is 1.96. The molecule has 0 saturated carbocycles. The van der Waals surface area contributed by atoms with Crippen molar-refractivity contribution in [3.63, 3.8) is 0 Å². The summed E-state index contributed by atoms with van der Waals surface area (Å²) >= 11 is 0. The molecule has 0 fully saturated rings. The van der Waals surface area contributed by atoms with Gasteiger partial charge in [-0.2, -0.15) is 0 Å². The Bertz CT molecular complexity index is 969. The number of hydrogen-bond acceptors (Lipinski definition) is 5. The molecule has 2 N–H and O–H groups in total. The van der Waals surface area contributed by atoms with Crippen molar-refractivity contribution in [3.05, 3.63) is 53.6 Å². The summed E-state index contributed by atoms with van der Waals surface area (Å²) in [5.74, 6) is -0.187. The number of sulfonamides is 1. The third-order valence-electron chi connectivity index (χ3n) is 4.39. The van der Waals surface area contributed by atoms with E-state index in [1.54, 1.807) is 18.2 Å². The molecule has 156 valence electrons. The lowest BCUT2D eigenvalue weighted by molar-refractivity contribution is -0.116. The average Bonchev–Trinajstić information content (AvgIpc) is 2.73. The van der Waals surface area contributed by atoms with E-state index in [1.165, 1.54) is 26.2 Å². The van der Waals surface area contributed by atoms with Crippen molar-refractivity contribution >= 4 is 33.1 Å². The van der Waals surface area contributed by atoms with Gasteiger partial charge in [-0.15, -0.1) is 0 Å². The maximum Gasteiger partial charge on any atom is 0.232 e. The van der Waals surface area contributed by atoms with Gasteiger partial charge in [0.25, 0.3) is 0 Å². The number of carbonyl (C=O) groups is 2. The lowest BCUT2D eigenvalue weighted by Crippen LogP contribution is -2.16. The van der Waals surface area contributed by atoms with E-state index in [-0.39, 0.29) is 41.7 Å². The van der Waals surface area contributed by atoms with Gasteiger partial charge in [-0.3, -0.25) is 14.3 Å². The van der Waals surface area contributed by atoms with Gasteiger partial charge in [-0.25, -0.2) is 8.42 Å². The molecule has 7 nitrogen and oxygen atoms in total. The first-order valence-corrected chi connectivity index (χ1v) is 11.0. The highest BCUT2D eigenvalue weighted by atomic mass is 32.2. The summed E-state index contributed by atoms with van der Waals surface area (Å²) < 4.78 is 31.1. The fraction of sp³-hybridized carbons (Fsp3) is 0.333. The van der Waals surface area contributed by atoms with Gasteiger partial charge in [-0.1, -0.05) is 31.2 Å². The second-order valence-electron chi connectivity index (χ2n) is 6.44. The fourth-order valence-electron chi connectivity index (χ4n) is 2.61. The van der Waals surface area contributed by atoms with Crippen molar-refractivity contribution < 1.29 is 22.7 Å². The minimum atomic E-state index is -3.44. The SMILES string of the molecule is CCc1ccc(C(=O)CCC(=O)Nc2ccc(NS(=O)(=O)CC)c(OC)c2)cc1. The molecule has 8 heteroatoms. The Morgan fingerprint density at radius 3 is 2.28 bits per heavy atom. The summed E-state index contributed by atoms with van der Waals surface area (Å²) in [7, 11) is -2.04. The van der Waals surface area contributed by atoms with E-state index in [0.717, 1.165) is 12.0 Å². The van der Waals surface area contributed by atoms with E-state index in [4.69, 9.17) is 4.74 Å². The zero-order chi connectivity index (χ0) is 21.4. The van der Waals surface area contributed by atoms with Gasteiger partial charge in [0.15, 0.2) is 5.78 Å². The second kappa shape index (κ2) is 10.1. The van der Waals surface area contributed by atoms with E-state index in [2.05, 4.69) is 10.0 Å². The number of aryl methyl sites for hydroxylation is 1. The molecule has 0 bridgehead atoms. The van der Waals surface area contributed by atoms with Crippen LogP contribution in [0, 0.1) is 0 Å². The lowest BCUT2D eigenvalue weighted by atomic mass is 10.0. The predicted octanol–water partition coefficient (Wildman–Crippen LogP) is 3.62. The van der Waals surface area contributed by atoms with Crippen molar-refractivity contribution in [2.24, 2.45) is 0 Å². The predicted molar refractivity (Wildman–Crippen MR) is 114 cm³/mol. The molecule has 2 rings (SSSR count). The van der Waals surface area contributed by atoms with Crippen molar-refractivity contribution in [2.75, 3.05) is 22.9 Å². The number of anilines is 2. The Labute approximate surface area is 171 Å². The molecule has 0 aliphatic carbocycles. The molecule has 0 unspecified atom stereocenters. The lowest BCUT2D eigenvalue weighted by Gasteiger charge is -2.13. The molecule has 0 atom stereocenters. The molecule has 0 aliphatic heterocycles. The molecule has 0 spiro atoms. The first-order valence-electron chi connectivity index (χ1n) is 9.38. The summed E-state index contributed by atoms with van der Waals surface area (Å²) in [5, 5.41) is 2.70. The van der Waals surface area contributed by atoms with Crippen LogP contribution in [0.2, 0.25) is 0 Å². The van der Waals surface area contributed by atoms with Crippen molar-refractivity contribution in [3.8, 4) is 5.75 Å². The minimum Gasteiger partial charge on any atom is -0.494 e. The van der Waals surface area contributed by atoms with Crippen molar-refractivity contribution in [1.29, 1.82) is 0 Å². The van der Waals surface area contributed by atoms with E-state index < -0.39 is 10.0 Å². The van der Waals surface area contributed by atoms with Gasteiger partial charge >= 0.3 is 0 Å². The molecule has 0 heterocycles. The van der Waals surface area contributed by atoms with Gasteiger partial charge < -0.3 is 10.1 Å². The van der Waals surface area contributed by atoms with E-state index >= 15 is 0 Å². The van der Waals surface area contributed by atoms with Crippen LogP contribution in [-0.4, -0.2) is 33.0 Å². The summed E-state index contributed by atoms with van der Waals surface area (Å²) in [4.78, 5) is 24.4. The maximum atomic E-state index is 12.2. The number of benzene rings is 2. The van der Waals surface area contributed by atoms with Crippen LogP contribution in [0.5, 0.6) is 5.75 Å². The summed E-state index contributed by atoms with van der Waals surface area (Å²) in [6.45, 7) is 3.57. The number of nitrogens with one attached hydrogen (secondary N) is 2. The Kier molecular flexibility index (Phi) is 7.78. The van der Waals surface area contributed by atoms with Crippen LogP contribution in [0.4, 0.5) is 11.4 Å². The number of ether oxygens (including phenoxy) is 1. The number of amides is 1. The standard InChI is InChI=1S/C21H26N2O5S/c1-4-15-6-8-16(9-7-15)19(24)12-13-21(25)22-17-10-11-18(20(14-17)28-3)23-29(26,27)5-2/h6-11,14,23H,4-5,12-13H2,1-3H3,(H,22,25). The second-order valence-corrected chi connectivity index (χ2v) is 8.45. The molecular formula is C21H26N2O5S. The van der Waals surface area contributed by atoms with Crippen LogP contribution >= 0.6 is 0 Å². The summed E-state index contributed by atoms with van der Waals surface area (Å²) in [6.07, 6.45) is 1.04. The highest BCUT2D eigenvalue weighted by Crippen LogP contribution is 2.29. The van der Waals surface area contributed by atoms with E-state index in [0.29, 0.717) is 11.3 Å². The first-order chi connectivity index (χ1) is 13.8. The van der Waals surface area contributed by atoms with Crippen molar-refractivity contribution in [2.45, 2.75) is 33.1 Å². The number of methoxy groups -OCH3 is 1. The number of ketones is 1. The van der Waals surface area contributed by atoms with Gasteiger partial charge in [0.2, 0.25) is 15.9 Å². The average molecular weight is 419 g/mol. The molecule has 0 aliphatic rings. The molecule has 0 aromatic heterocycles. The highest BCUT2D eigenvalue weighted by Gasteiger charge is 2.14. The zero-order valence-electron chi connectivity index (χ0n) is 16.8. The van der Waals surface area contributed by atoms with Crippen LogP contribution < -0.4 is 14.8 Å². The van der Waals surface area contributed by atoms with Gasteiger partial charge in [0, 0.05) is 30.2 Å². The number of hydrogen-bond donors (Lipinski definition) is 2. The quantitative estimate of drug-likeness (QED) is 0.574. The van der Waals surface area contributed by atoms with Crippen LogP contribution in [0.1, 0.15) is 42.6 Å². The van der Waals surface area contributed by atoms with Crippen LogP contribution in [0.25, 0.3) is 0 Å². The highest BCUT2D eigenvalue weighted by molar-refractivity contribution is 7.92. The van der Waals surface area contributed by atoms with Gasteiger partial charge in [0.05, 0.1) is 18.6 Å². The summed E-state index contributed by atoms with van der Waals surface area (Å²) in [6, 6.07) is 12.0. The maximum absolute atomic E-state index is 12.2. The topological polar surface area (TPSA) is 102 Å². The molecule has 1 amide bonds. The van der Waals surface area contributed by atoms with E-state index in [9.17, 15) is 18.0 Å². The molecule has 2 aromatic carbocycles. The number of Topliss-reactive ketones (excluding diaryl/α,β-unsaturated/α-hetero) is 1. The Morgan fingerprint density at radius 1 is 1.00 bits per heavy atom. The van der Waals surface area contributed by atoms with Gasteiger partial charge in [-0.05, 0) is 31.0 Å². The molecular weight excluding hydrogens is 392 g/mol. The Morgan fingerprint density at radius 2 is 1.69 bits per heavy atom. The molecule has 0 saturated heterocycles. The third-order valence-corrected chi connectivity index (χ3v) is 5.69. The molecule has 0 radical (unpaired) electrons. The van der Waals surface area contributed by atoms with Crippen molar-refractivity contribution in [1.82, 2.24) is 0 Å². The normalized spacial score (nSPS) is 11.0. The molecule has 29 heavy (non-hydrogen) atoms. The minimum absolute atomic E-state index is 0.0426. The van der Waals surface area contributed by atoms with Gasteiger partial charge in [0.1, 0.15) is 5.75 Å². The van der Waals surface area contributed by atoms with Crippen LogP contribution in [0.15, 0.2) is 42.5 Å². The van der Waals surface area contributed by atoms with Crippen LogP contribution in [0.3, 0.4) is 0 Å². The largest absolute Gasteiger partial charge is 0.494 e. The molecule has 2 aromatic rings. The first kappa shape index (κ1) is 22.4. The Hall–Kier alpha value is -2.87. The monoisotopic (exact) mass is 418 g/mol.